The van der Waals surface area contributed by atoms with Gasteiger partial charge in [-0.15, -0.1) is 0 Å². The Morgan fingerprint density at radius 3 is 0.794 bits per heavy atom. The molecule has 0 saturated heterocycles. The number of hydrogen-bond acceptors (Lipinski definition) is 11. The van der Waals surface area contributed by atoms with E-state index in [0.29, 0.717) is 45.7 Å². The highest BCUT2D eigenvalue weighted by atomic mass is 16.5. The number of nitrogens with zero attached hydrogens (tertiary/aromatic N) is 4. The van der Waals surface area contributed by atoms with Crippen LogP contribution >= 0.6 is 0 Å². The lowest BCUT2D eigenvalue weighted by atomic mass is 10.1. The van der Waals surface area contributed by atoms with Crippen LogP contribution in [0.5, 0.6) is 34.5 Å². The van der Waals surface area contributed by atoms with Crippen LogP contribution in [0, 0.1) is 0 Å². The summed E-state index contributed by atoms with van der Waals surface area (Å²) in [4.78, 5) is 106. The molecule has 4 heterocycles. The summed E-state index contributed by atoms with van der Waals surface area (Å²) in [6, 6.07) is 34.3. The van der Waals surface area contributed by atoms with E-state index in [-0.39, 0.29) is 33.8 Å². The first-order valence-corrected chi connectivity index (χ1v) is 19.1. The Balaban J connectivity index is 0.782. The van der Waals surface area contributed by atoms with Crippen molar-refractivity contribution in [2.45, 2.75) is 0 Å². The average Bonchev–Trinajstić information content (AvgIpc) is 3.97. The van der Waals surface area contributed by atoms with Crippen LogP contribution in [0.4, 0.5) is 22.7 Å². The monoisotopic (exact) mass is 834 g/mol. The summed E-state index contributed by atoms with van der Waals surface area (Å²) in [6.45, 7) is 0. The van der Waals surface area contributed by atoms with Crippen molar-refractivity contribution in [1.29, 1.82) is 0 Å². The molecule has 0 atom stereocenters. The quantitative estimate of drug-likeness (QED) is 0.125. The number of carbonyl (C=O) groups excluding carboxylic acids is 8. The van der Waals surface area contributed by atoms with Gasteiger partial charge in [-0.25, -0.2) is 19.6 Å². The maximum Gasteiger partial charge on any atom is 0.266 e. The molecular weight excluding hydrogens is 809 g/mol. The van der Waals surface area contributed by atoms with Crippen LogP contribution in [-0.4, -0.2) is 47.3 Å². The Labute approximate surface area is 355 Å². The third kappa shape index (κ3) is 6.67. The minimum Gasteiger partial charge on any atom is -0.457 e. The van der Waals surface area contributed by atoms with E-state index in [1.807, 2.05) is 0 Å². The number of anilines is 4. The van der Waals surface area contributed by atoms with E-state index in [1.54, 1.807) is 97.1 Å². The summed E-state index contributed by atoms with van der Waals surface area (Å²) >= 11 is 0. The SMILES string of the molecule is O=C1C=CC(=O)N1c1ccc(Oc2ccc(N3C(=O)c4ccc(Oc5ccc6c(c5)C(=O)N(c5ccc(Oc7ccc(N8C(=O)C=CC8=O)cc7)cc5)C6=O)cc4C3=O)cc2)cc1. The van der Waals surface area contributed by atoms with E-state index in [9.17, 15) is 38.4 Å². The number of imide groups is 4. The molecule has 10 rings (SSSR count). The minimum absolute atomic E-state index is 0.110. The molecule has 304 valence electrons. The number of hydrogen-bond donors (Lipinski definition) is 0. The lowest BCUT2D eigenvalue weighted by Crippen LogP contribution is -2.29. The van der Waals surface area contributed by atoms with E-state index in [2.05, 4.69) is 0 Å². The van der Waals surface area contributed by atoms with Gasteiger partial charge >= 0.3 is 0 Å². The second kappa shape index (κ2) is 14.8. The number of fused-ring (bicyclic) bond motifs is 2. The van der Waals surface area contributed by atoms with Crippen LogP contribution in [0.15, 0.2) is 158 Å². The molecule has 15 nitrogen and oxygen atoms in total. The summed E-state index contributed by atoms with van der Waals surface area (Å²) in [5.74, 6) is -1.83. The highest BCUT2D eigenvalue weighted by Crippen LogP contribution is 2.37. The lowest BCUT2D eigenvalue weighted by Gasteiger charge is -2.15. The fraction of sp³-hybridized carbons (Fsp3) is 0. The molecule has 0 spiro atoms. The van der Waals surface area contributed by atoms with E-state index in [4.69, 9.17) is 14.2 Å². The molecule has 0 aromatic heterocycles. The second-order valence-corrected chi connectivity index (χ2v) is 14.3. The molecule has 0 bridgehead atoms. The van der Waals surface area contributed by atoms with Crippen molar-refractivity contribution in [3.63, 3.8) is 0 Å². The number of ether oxygens (including phenoxy) is 3. The van der Waals surface area contributed by atoms with E-state index >= 15 is 0 Å². The molecule has 8 amide bonds. The Hall–Kier alpha value is -9.24. The standard InChI is InChI=1S/C48H26N4O11/c53-41-21-22-42(54)49(41)27-1-9-31(10-2-27)61-33-13-5-29(6-14-33)51-45(57)37-19-17-35(25-39(37)47(51)59)63-36-18-20-38-40(26-36)48(60)52(46(38)58)30-7-15-34(16-8-30)62-32-11-3-28(4-12-32)50-43(55)23-24-44(50)56/h1-26H. The Morgan fingerprint density at radius 2 is 0.492 bits per heavy atom. The Morgan fingerprint density at radius 1 is 0.254 bits per heavy atom. The van der Waals surface area contributed by atoms with Gasteiger partial charge in [0.2, 0.25) is 0 Å². The maximum absolute atomic E-state index is 13.6. The first-order chi connectivity index (χ1) is 30.5. The second-order valence-electron chi connectivity index (χ2n) is 14.3. The van der Waals surface area contributed by atoms with Crippen molar-refractivity contribution in [2.75, 3.05) is 19.6 Å². The molecular formula is C48H26N4O11. The van der Waals surface area contributed by atoms with Crippen molar-refractivity contribution < 1.29 is 52.6 Å². The molecule has 0 radical (unpaired) electrons. The third-order valence-corrected chi connectivity index (χ3v) is 10.4. The first kappa shape index (κ1) is 38.0. The van der Waals surface area contributed by atoms with Gasteiger partial charge < -0.3 is 14.2 Å². The number of carbonyl (C=O) groups is 8. The molecule has 0 unspecified atom stereocenters. The molecule has 6 aromatic rings. The average molecular weight is 835 g/mol. The summed E-state index contributed by atoms with van der Waals surface area (Å²) in [6.07, 6.45) is 4.80. The van der Waals surface area contributed by atoms with E-state index < -0.39 is 47.3 Å². The third-order valence-electron chi connectivity index (χ3n) is 10.4. The molecule has 4 aliphatic heterocycles. The van der Waals surface area contributed by atoms with Gasteiger partial charge in [0.05, 0.1) is 45.0 Å². The van der Waals surface area contributed by atoms with Gasteiger partial charge in [-0.2, -0.15) is 0 Å². The zero-order valence-electron chi connectivity index (χ0n) is 32.3. The highest BCUT2D eigenvalue weighted by molar-refractivity contribution is 6.35. The molecule has 15 heteroatoms. The van der Waals surface area contributed by atoms with Crippen LogP contribution < -0.4 is 33.8 Å². The predicted molar refractivity (Wildman–Crippen MR) is 224 cm³/mol. The van der Waals surface area contributed by atoms with Gasteiger partial charge in [0.15, 0.2) is 0 Å². The smallest absolute Gasteiger partial charge is 0.266 e. The van der Waals surface area contributed by atoms with Gasteiger partial charge in [0.1, 0.15) is 34.5 Å². The van der Waals surface area contributed by atoms with Gasteiger partial charge in [-0.05, 0) is 133 Å². The van der Waals surface area contributed by atoms with Crippen molar-refractivity contribution in [2.24, 2.45) is 0 Å². The molecule has 0 aliphatic carbocycles. The highest BCUT2D eigenvalue weighted by Gasteiger charge is 2.39. The number of rotatable bonds is 10. The zero-order valence-corrected chi connectivity index (χ0v) is 32.3. The van der Waals surface area contributed by atoms with Gasteiger partial charge in [-0.3, -0.25) is 38.4 Å². The van der Waals surface area contributed by atoms with Gasteiger partial charge in [-0.1, -0.05) is 0 Å². The van der Waals surface area contributed by atoms with Crippen LogP contribution in [0.1, 0.15) is 41.4 Å². The summed E-state index contributed by atoms with van der Waals surface area (Å²) in [5.41, 5.74) is 1.96. The van der Waals surface area contributed by atoms with Crippen molar-refractivity contribution >= 4 is 70.0 Å². The molecule has 0 saturated carbocycles. The summed E-state index contributed by atoms with van der Waals surface area (Å²) < 4.78 is 17.8. The largest absolute Gasteiger partial charge is 0.457 e. The Kier molecular flexibility index (Phi) is 8.92. The van der Waals surface area contributed by atoms with Crippen LogP contribution in [0.25, 0.3) is 0 Å². The first-order valence-electron chi connectivity index (χ1n) is 19.1. The number of benzene rings is 6. The van der Waals surface area contributed by atoms with Crippen molar-refractivity contribution in [3.8, 4) is 34.5 Å². The fourth-order valence-electron chi connectivity index (χ4n) is 7.41. The molecule has 6 aromatic carbocycles. The topological polar surface area (TPSA) is 177 Å². The lowest BCUT2D eigenvalue weighted by molar-refractivity contribution is -0.121. The minimum atomic E-state index is -0.574. The number of amides is 8. The predicted octanol–water partition coefficient (Wildman–Crippen LogP) is 7.52. The molecule has 0 N–H and O–H groups in total. The normalized spacial score (nSPS) is 15.3. The van der Waals surface area contributed by atoms with Gasteiger partial charge in [0.25, 0.3) is 47.3 Å². The van der Waals surface area contributed by atoms with Crippen LogP contribution in [0.3, 0.4) is 0 Å². The van der Waals surface area contributed by atoms with E-state index in [0.717, 1.165) is 19.6 Å². The molecule has 4 aliphatic rings. The summed E-state index contributed by atoms with van der Waals surface area (Å²) in [5, 5.41) is 0. The molecule has 63 heavy (non-hydrogen) atoms. The van der Waals surface area contributed by atoms with Crippen molar-refractivity contribution in [3.05, 3.63) is 180 Å². The van der Waals surface area contributed by atoms with Crippen LogP contribution in [0.2, 0.25) is 0 Å². The Bertz CT molecular complexity index is 2840. The summed E-state index contributed by atoms with van der Waals surface area (Å²) in [7, 11) is 0. The van der Waals surface area contributed by atoms with Gasteiger partial charge in [0, 0.05) is 24.3 Å². The molecule has 0 fully saturated rings. The fourth-order valence-corrected chi connectivity index (χ4v) is 7.41. The maximum atomic E-state index is 13.6. The zero-order chi connectivity index (χ0) is 43.5. The van der Waals surface area contributed by atoms with E-state index in [1.165, 1.54) is 60.7 Å². The van der Waals surface area contributed by atoms with Crippen molar-refractivity contribution in [1.82, 2.24) is 0 Å². The van der Waals surface area contributed by atoms with Crippen LogP contribution in [-0.2, 0) is 19.2 Å².